The van der Waals surface area contributed by atoms with Gasteiger partial charge in [0, 0.05) is 0 Å². The van der Waals surface area contributed by atoms with E-state index < -0.39 is 11.9 Å². The van der Waals surface area contributed by atoms with Crippen LogP contribution in [0.25, 0.3) is 0 Å². The minimum absolute atomic E-state index is 0.301. The van der Waals surface area contributed by atoms with Gasteiger partial charge in [-0.15, -0.1) is 0 Å². The molecular weight excluding hydrogens is 256 g/mol. The molecule has 4 nitrogen and oxygen atoms in total. The summed E-state index contributed by atoms with van der Waals surface area (Å²) in [5.74, 6) is -0.550. The second-order valence-electron chi connectivity index (χ2n) is 5.00. The summed E-state index contributed by atoms with van der Waals surface area (Å²) in [5.41, 5.74) is 0.623. The van der Waals surface area contributed by atoms with Crippen LogP contribution in [0.2, 0.25) is 0 Å². The molecule has 0 spiro atoms. The maximum atomic E-state index is 11.4. The Morgan fingerprint density at radius 2 is 1.65 bits per heavy atom. The Labute approximate surface area is 119 Å². The van der Waals surface area contributed by atoms with Gasteiger partial charge in [0.15, 0.2) is 0 Å². The number of ether oxygens (including phenoxy) is 2. The van der Waals surface area contributed by atoms with Crippen LogP contribution >= 0.6 is 0 Å². The Bertz CT molecular complexity index is 493. The predicted molar refractivity (Wildman–Crippen MR) is 75.1 cm³/mol. The second-order valence-corrected chi connectivity index (χ2v) is 5.00. The molecule has 0 bridgehead atoms. The molecule has 0 radical (unpaired) electrons. The number of unbranched alkanes of at least 4 members (excludes halogenated alkanes) is 5. The average Bonchev–Trinajstić information content (AvgIpc) is 2.73. The lowest BCUT2D eigenvalue weighted by atomic mass is 10.1. The van der Waals surface area contributed by atoms with Gasteiger partial charge < -0.3 is 9.47 Å². The number of rotatable bonds is 8. The molecule has 20 heavy (non-hydrogen) atoms. The summed E-state index contributed by atoms with van der Waals surface area (Å²) in [6.45, 7) is 2.83. The average molecular weight is 276 g/mol. The summed E-state index contributed by atoms with van der Waals surface area (Å²) in [6.07, 6.45) is 7.23. The molecule has 1 heterocycles. The fraction of sp³-hybridized carbons (Fsp3) is 0.500. The zero-order valence-corrected chi connectivity index (χ0v) is 11.8. The third-order valence-corrected chi connectivity index (χ3v) is 3.38. The van der Waals surface area contributed by atoms with E-state index in [1.54, 1.807) is 18.2 Å². The Balaban J connectivity index is 1.76. The normalized spacial score (nSPS) is 13.2. The standard InChI is InChI=1S/C16H20O4/c1-2-3-4-5-6-7-10-19-12-8-9-13-14(11-12)16(18)20-15(13)17/h8-9,11H,2-7,10H2,1H3. The molecule has 1 aliphatic rings. The maximum Gasteiger partial charge on any atom is 0.347 e. The van der Waals surface area contributed by atoms with Crippen molar-refractivity contribution in [2.75, 3.05) is 6.61 Å². The highest BCUT2D eigenvalue weighted by Crippen LogP contribution is 2.24. The minimum atomic E-state index is -0.588. The molecule has 1 aliphatic heterocycles. The maximum absolute atomic E-state index is 11.4. The number of carbonyl (C=O) groups is 2. The SMILES string of the molecule is CCCCCCCCOc1ccc2c(c1)C(=O)OC2=O. The van der Waals surface area contributed by atoms with Crippen molar-refractivity contribution < 1.29 is 19.1 Å². The van der Waals surface area contributed by atoms with Crippen LogP contribution in [0.5, 0.6) is 5.75 Å². The van der Waals surface area contributed by atoms with Crippen LogP contribution in [0, 0.1) is 0 Å². The van der Waals surface area contributed by atoms with Crippen molar-refractivity contribution in [2.24, 2.45) is 0 Å². The number of hydrogen-bond acceptors (Lipinski definition) is 4. The van der Waals surface area contributed by atoms with Crippen molar-refractivity contribution in [1.29, 1.82) is 0 Å². The van der Waals surface area contributed by atoms with Crippen LogP contribution in [-0.2, 0) is 4.74 Å². The topological polar surface area (TPSA) is 52.6 Å². The molecule has 0 atom stereocenters. The van der Waals surface area contributed by atoms with Crippen LogP contribution < -0.4 is 4.74 Å². The first-order chi connectivity index (χ1) is 9.72. The van der Waals surface area contributed by atoms with Gasteiger partial charge in [0.25, 0.3) is 0 Å². The first-order valence-corrected chi connectivity index (χ1v) is 7.25. The summed E-state index contributed by atoms with van der Waals surface area (Å²) in [4.78, 5) is 22.7. The van der Waals surface area contributed by atoms with E-state index in [2.05, 4.69) is 11.7 Å². The highest BCUT2D eigenvalue weighted by atomic mass is 16.6. The Hall–Kier alpha value is -1.84. The summed E-state index contributed by atoms with van der Waals surface area (Å²) in [7, 11) is 0. The van der Waals surface area contributed by atoms with Crippen molar-refractivity contribution in [3.05, 3.63) is 29.3 Å². The minimum Gasteiger partial charge on any atom is -0.494 e. The molecule has 4 heteroatoms. The van der Waals surface area contributed by atoms with Gasteiger partial charge in [-0.05, 0) is 24.6 Å². The van der Waals surface area contributed by atoms with Gasteiger partial charge in [-0.25, -0.2) is 9.59 Å². The van der Waals surface area contributed by atoms with E-state index in [1.165, 1.54) is 25.7 Å². The first-order valence-electron chi connectivity index (χ1n) is 7.25. The molecular formula is C16H20O4. The van der Waals surface area contributed by atoms with E-state index in [1.807, 2.05) is 0 Å². The number of fused-ring (bicyclic) bond motifs is 1. The predicted octanol–water partition coefficient (Wildman–Crippen LogP) is 3.74. The van der Waals surface area contributed by atoms with E-state index in [-0.39, 0.29) is 0 Å². The van der Waals surface area contributed by atoms with E-state index in [0.717, 1.165) is 12.8 Å². The summed E-state index contributed by atoms with van der Waals surface area (Å²) >= 11 is 0. The second kappa shape index (κ2) is 7.08. The molecule has 2 rings (SSSR count). The molecule has 1 aromatic rings. The molecule has 0 saturated carbocycles. The molecule has 0 unspecified atom stereocenters. The number of carbonyl (C=O) groups excluding carboxylic acids is 2. The van der Waals surface area contributed by atoms with Crippen molar-refractivity contribution in [1.82, 2.24) is 0 Å². The highest BCUT2D eigenvalue weighted by molar-refractivity contribution is 6.14. The van der Waals surface area contributed by atoms with Crippen LogP contribution in [-0.4, -0.2) is 18.5 Å². The Kier molecular flexibility index (Phi) is 5.16. The molecule has 0 amide bonds. The van der Waals surface area contributed by atoms with E-state index in [0.29, 0.717) is 23.5 Å². The van der Waals surface area contributed by atoms with Crippen LogP contribution in [0.1, 0.15) is 66.2 Å². The quantitative estimate of drug-likeness (QED) is 0.412. The Morgan fingerprint density at radius 1 is 0.950 bits per heavy atom. The molecule has 108 valence electrons. The number of benzene rings is 1. The first kappa shape index (κ1) is 14.6. The van der Waals surface area contributed by atoms with Gasteiger partial charge in [0.2, 0.25) is 0 Å². The van der Waals surface area contributed by atoms with Gasteiger partial charge >= 0.3 is 11.9 Å². The van der Waals surface area contributed by atoms with Crippen molar-refractivity contribution in [2.45, 2.75) is 45.4 Å². The van der Waals surface area contributed by atoms with Gasteiger partial charge in [-0.1, -0.05) is 39.0 Å². The van der Waals surface area contributed by atoms with Crippen LogP contribution in [0.4, 0.5) is 0 Å². The molecule has 0 N–H and O–H groups in total. The monoisotopic (exact) mass is 276 g/mol. The van der Waals surface area contributed by atoms with E-state index >= 15 is 0 Å². The smallest absolute Gasteiger partial charge is 0.347 e. The number of esters is 2. The fourth-order valence-electron chi connectivity index (χ4n) is 2.23. The number of cyclic esters (lactones) is 2. The third-order valence-electron chi connectivity index (χ3n) is 3.38. The lowest BCUT2D eigenvalue weighted by molar-refractivity contribution is 0.0443. The van der Waals surface area contributed by atoms with Gasteiger partial charge in [0.05, 0.1) is 17.7 Å². The summed E-state index contributed by atoms with van der Waals surface area (Å²) in [6, 6.07) is 4.87. The largest absolute Gasteiger partial charge is 0.494 e. The van der Waals surface area contributed by atoms with Crippen molar-refractivity contribution in [3.63, 3.8) is 0 Å². The van der Waals surface area contributed by atoms with Crippen LogP contribution in [0.3, 0.4) is 0 Å². The van der Waals surface area contributed by atoms with Crippen molar-refractivity contribution in [3.8, 4) is 5.75 Å². The fourth-order valence-corrected chi connectivity index (χ4v) is 2.23. The third kappa shape index (κ3) is 3.59. The van der Waals surface area contributed by atoms with Gasteiger partial charge in [-0.3, -0.25) is 0 Å². The van der Waals surface area contributed by atoms with Crippen LogP contribution in [0.15, 0.2) is 18.2 Å². The lowest BCUT2D eigenvalue weighted by Crippen LogP contribution is -1.99. The van der Waals surface area contributed by atoms with Gasteiger partial charge in [-0.2, -0.15) is 0 Å². The zero-order chi connectivity index (χ0) is 14.4. The van der Waals surface area contributed by atoms with Crippen molar-refractivity contribution >= 4 is 11.9 Å². The van der Waals surface area contributed by atoms with E-state index in [4.69, 9.17) is 4.74 Å². The number of hydrogen-bond donors (Lipinski definition) is 0. The molecule has 0 aromatic heterocycles. The molecule has 1 aromatic carbocycles. The zero-order valence-electron chi connectivity index (χ0n) is 11.8. The molecule has 0 saturated heterocycles. The molecule has 0 fully saturated rings. The summed E-state index contributed by atoms with van der Waals surface area (Å²) < 4.78 is 10.1. The Morgan fingerprint density at radius 3 is 2.45 bits per heavy atom. The summed E-state index contributed by atoms with van der Waals surface area (Å²) in [5, 5.41) is 0. The molecule has 0 aliphatic carbocycles. The van der Waals surface area contributed by atoms with Gasteiger partial charge in [0.1, 0.15) is 5.75 Å². The highest BCUT2D eigenvalue weighted by Gasteiger charge is 2.29. The van der Waals surface area contributed by atoms with E-state index in [9.17, 15) is 9.59 Å². The lowest BCUT2D eigenvalue weighted by Gasteiger charge is -2.06.